The number of ether oxygens (including phenoxy) is 1. The Morgan fingerprint density at radius 3 is 1.96 bits per heavy atom. The van der Waals surface area contributed by atoms with Crippen molar-refractivity contribution in [3.8, 4) is 5.75 Å². The second-order valence-corrected chi connectivity index (χ2v) is 4.65. The lowest BCUT2D eigenvalue weighted by Crippen LogP contribution is -2.30. The van der Waals surface area contributed by atoms with Gasteiger partial charge in [0.2, 0.25) is 0 Å². The maximum absolute atomic E-state index is 14.1. The number of amides is 2. The van der Waals surface area contributed by atoms with E-state index in [2.05, 4.69) is 4.74 Å². The molecule has 0 unspecified atom stereocenters. The normalized spacial score (nSPS) is 14.2. The van der Waals surface area contributed by atoms with Gasteiger partial charge in [0, 0.05) is 6.07 Å². The maximum Gasteiger partial charge on any atom is 0.573 e. The van der Waals surface area contributed by atoms with Crippen molar-refractivity contribution in [3.05, 3.63) is 59.4 Å². The van der Waals surface area contributed by atoms with Crippen LogP contribution >= 0.6 is 0 Å². The summed E-state index contributed by atoms with van der Waals surface area (Å²) in [5, 5.41) is 0. The van der Waals surface area contributed by atoms with E-state index < -0.39 is 35.4 Å². The summed E-state index contributed by atoms with van der Waals surface area (Å²) in [7, 11) is 0. The predicted octanol–water partition coefficient (Wildman–Crippen LogP) is 3.52. The van der Waals surface area contributed by atoms with Crippen LogP contribution in [0.5, 0.6) is 5.75 Å². The Labute approximate surface area is 126 Å². The molecule has 0 atom stereocenters. The van der Waals surface area contributed by atoms with Crippen LogP contribution in [0.4, 0.5) is 23.2 Å². The third-order valence-electron chi connectivity index (χ3n) is 3.19. The highest BCUT2D eigenvalue weighted by molar-refractivity contribution is 6.34. The monoisotopic (exact) mass is 325 g/mol. The minimum atomic E-state index is -4.97. The van der Waals surface area contributed by atoms with Crippen LogP contribution in [0, 0.1) is 5.82 Å². The van der Waals surface area contributed by atoms with Crippen LogP contribution in [0.25, 0.3) is 0 Å². The van der Waals surface area contributed by atoms with E-state index in [4.69, 9.17) is 0 Å². The van der Waals surface area contributed by atoms with Gasteiger partial charge in [-0.05, 0) is 24.3 Å². The van der Waals surface area contributed by atoms with Crippen LogP contribution in [0.2, 0.25) is 0 Å². The number of fused-ring (bicyclic) bond motifs is 1. The quantitative estimate of drug-likeness (QED) is 0.627. The first-order chi connectivity index (χ1) is 10.8. The molecule has 2 aromatic rings. The molecule has 0 bridgehead atoms. The van der Waals surface area contributed by atoms with E-state index >= 15 is 0 Å². The summed E-state index contributed by atoms with van der Waals surface area (Å²) in [5.41, 5.74) is -0.231. The van der Waals surface area contributed by atoms with Crippen molar-refractivity contribution in [2.75, 3.05) is 4.90 Å². The lowest BCUT2D eigenvalue weighted by Gasteiger charge is -2.16. The standard InChI is InChI=1S/C15H7F4NO3/c16-11-7-8(23-15(17,18)19)5-6-12(11)20-13(21)9-3-1-2-4-10(9)14(20)22/h1-7H. The molecule has 0 spiro atoms. The summed E-state index contributed by atoms with van der Waals surface area (Å²) in [6.07, 6.45) is -4.97. The van der Waals surface area contributed by atoms with E-state index in [1.807, 2.05) is 0 Å². The van der Waals surface area contributed by atoms with Crippen molar-refractivity contribution < 1.29 is 31.9 Å². The SMILES string of the molecule is O=C1c2ccccc2C(=O)N1c1ccc(OC(F)(F)F)cc1F. The average Bonchev–Trinajstić information content (AvgIpc) is 2.71. The number of nitrogens with zero attached hydrogens (tertiary/aromatic N) is 1. The smallest absolute Gasteiger partial charge is 0.406 e. The van der Waals surface area contributed by atoms with Crippen LogP contribution in [0.3, 0.4) is 0 Å². The molecule has 0 saturated carbocycles. The molecule has 0 fully saturated rings. The van der Waals surface area contributed by atoms with Crippen LogP contribution in [0.1, 0.15) is 20.7 Å². The Morgan fingerprint density at radius 2 is 1.48 bits per heavy atom. The van der Waals surface area contributed by atoms with Crippen LogP contribution in [-0.4, -0.2) is 18.2 Å². The summed E-state index contributed by atoms with van der Waals surface area (Å²) in [6, 6.07) is 8.09. The topological polar surface area (TPSA) is 46.6 Å². The molecule has 2 aromatic carbocycles. The van der Waals surface area contributed by atoms with Gasteiger partial charge in [-0.2, -0.15) is 0 Å². The number of anilines is 1. The highest BCUT2D eigenvalue weighted by Gasteiger charge is 2.38. The Bertz CT molecular complexity index is 782. The molecular weight excluding hydrogens is 318 g/mol. The van der Waals surface area contributed by atoms with Crippen LogP contribution < -0.4 is 9.64 Å². The van der Waals surface area contributed by atoms with E-state index in [-0.39, 0.29) is 11.1 Å². The van der Waals surface area contributed by atoms with Crippen molar-refractivity contribution in [2.24, 2.45) is 0 Å². The number of halogens is 4. The fourth-order valence-corrected chi connectivity index (χ4v) is 2.27. The third-order valence-corrected chi connectivity index (χ3v) is 3.19. The summed E-state index contributed by atoms with van der Waals surface area (Å²) in [6.45, 7) is 0. The summed E-state index contributed by atoms with van der Waals surface area (Å²) in [4.78, 5) is 25.0. The Morgan fingerprint density at radius 1 is 0.913 bits per heavy atom. The Balaban J connectivity index is 1.98. The van der Waals surface area contributed by atoms with E-state index in [0.29, 0.717) is 11.0 Å². The molecular formula is C15H7F4NO3. The number of carbonyl (C=O) groups excluding carboxylic acids is 2. The Hall–Kier alpha value is -2.90. The molecule has 3 rings (SSSR count). The van der Waals surface area contributed by atoms with E-state index in [1.54, 1.807) is 12.1 Å². The predicted molar refractivity (Wildman–Crippen MR) is 70.7 cm³/mol. The van der Waals surface area contributed by atoms with Gasteiger partial charge in [0.05, 0.1) is 16.8 Å². The number of hydrogen-bond donors (Lipinski definition) is 0. The molecule has 1 aliphatic heterocycles. The van der Waals surface area contributed by atoms with Gasteiger partial charge in [0.25, 0.3) is 11.8 Å². The number of rotatable bonds is 2. The van der Waals surface area contributed by atoms with Crippen molar-refractivity contribution in [1.29, 1.82) is 0 Å². The van der Waals surface area contributed by atoms with Crippen molar-refractivity contribution in [1.82, 2.24) is 0 Å². The highest BCUT2D eigenvalue weighted by atomic mass is 19.4. The molecule has 118 valence electrons. The average molecular weight is 325 g/mol. The minimum Gasteiger partial charge on any atom is -0.406 e. The second-order valence-electron chi connectivity index (χ2n) is 4.65. The number of imide groups is 1. The molecule has 1 aliphatic rings. The van der Waals surface area contributed by atoms with Gasteiger partial charge in [-0.1, -0.05) is 12.1 Å². The van der Waals surface area contributed by atoms with Gasteiger partial charge in [-0.25, -0.2) is 9.29 Å². The molecule has 0 aromatic heterocycles. The van der Waals surface area contributed by atoms with Crippen LogP contribution in [0.15, 0.2) is 42.5 Å². The van der Waals surface area contributed by atoms with Crippen molar-refractivity contribution in [2.45, 2.75) is 6.36 Å². The fourth-order valence-electron chi connectivity index (χ4n) is 2.27. The van der Waals surface area contributed by atoms with Crippen LogP contribution in [-0.2, 0) is 0 Å². The molecule has 4 nitrogen and oxygen atoms in total. The molecule has 1 heterocycles. The molecule has 0 aliphatic carbocycles. The lowest BCUT2D eigenvalue weighted by molar-refractivity contribution is -0.274. The summed E-state index contributed by atoms with van der Waals surface area (Å²) in [5.74, 6) is -3.44. The summed E-state index contributed by atoms with van der Waals surface area (Å²) >= 11 is 0. The molecule has 0 radical (unpaired) electrons. The number of benzene rings is 2. The molecule has 0 N–H and O–H groups in total. The molecule has 2 amide bonds. The van der Waals surface area contributed by atoms with Gasteiger partial charge in [0.1, 0.15) is 5.75 Å². The molecule has 0 saturated heterocycles. The first-order valence-corrected chi connectivity index (χ1v) is 6.31. The van der Waals surface area contributed by atoms with E-state index in [0.717, 1.165) is 12.1 Å². The van der Waals surface area contributed by atoms with E-state index in [9.17, 15) is 27.2 Å². The number of hydrogen-bond acceptors (Lipinski definition) is 3. The number of alkyl halides is 3. The summed E-state index contributed by atoms with van der Waals surface area (Å²) < 4.78 is 54.0. The lowest BCUT2D eigenvalue weighted by atomic mass is 10.1. The van der Waals surface area contributed by atoms with E-state index in [1.165, 1.54) is 12.1 Å². The van der Waals surface area contributed by atoms with Gasteiger partial charge < -0.3 is 4.74 Å². The van der Waals surface area contributed by atoms with Crippen molar-refractivity contribution >= 4 is 17.5 Å². The van der Waals surface area contributed by atoms with Gasteiger partial charge in [0.15, 0.2) is 5.82 Å². The molecule has 23 heavy (non-hydrogen) atoms. The number of carbonyl (C=O) groups is 2. The zero-order valence-corrected chi connectivity index (χ0v) is 11.2. The zero-order valence-electron chi connectivity index (χ0n) is 11.2. The van der Waals surface area contributed by atoms with Gasteiger partial charge in [-0.15, -0.1) is 13.2 Å². The zero-order chi connectivity index (χ0) is 16.8. The fraction of sp³-hybridized carbons (Fsp3) is 0.0667. The molecule has 8 heteroatoms. The first-order valence-electron chi connectivity index (χ1n) is 6.31. The minimum absolute atomic E-state index is 0.104. The highest BCUT2D eigenvalue weighted by Crippen LogP contribution is 2.33. The Kier molecular flexibility index (Phi) is 3.32. The van der Waals surface area contributed by atoms with Gasteiger partial charge >= 0.3 is 6.36 Å². The van der Waals surface area contributed by atoms with Gasteiger partial charge in [-0.3, -0.25) is 9.59 Å². The largest absolute Gasteiger partial charge is 0.573 e. The van der Waals surface area contributed by atoms with Crippen molar-refractivity contribution in [3.63, 3.8) is 0 Å². The first kappa shape index (κ1) is 15.0. The maximum atomic E-state index is 14.1. The second kappa shape index (κ2) is 5.08. The third kappa shape index (κ3) is 2.63.